The van der Waals surface area contributed by atoms with Gasteiger partial charge in [-0.3, -0.25) is 19.4 Å². The van der Waals surface area contributed by atoms with Gasteiger partial charge in [0.1, 0.15) is 18.1 Å². The molecule has 0 saturated heterocycles. The number of nitrogens with one attached hydrogen (secondary N) is 3. The molecule has 0 aliphatic heterocycles. The SMILES string of the molecule is CC(C)[C@@H](NC(=O)[C@H](NC(=O)[C@H](N)Cc1ccccc1)[C@H](C)O)C(=O)N[C@H](CCCN=C(N)N)C(=O)O. The molecule has 37 heavy (non-hydrogen) atoms. The van der Waals surface area contributed by atoms with E-state index in [1.165, 1.54) is 6.92 Å². The number of carbonyl (C=O) groups is 4. The number of carboxylic acids is 1. The Kier molecular flexibility index (Phi) is 13.0. The second-order valence-electron chi connectivity index (χ2n) is 9.10. The van der Waals surface area contributed by atoms with Crippen molar-refractivity contribution in [1.82, 2.24) is 16.0 Å². The number of benzene rings is 1. The van der Waals surface area contributed by atoms with E-state index in [9.17, 15) is 29.4 Å². The van der Waals surface area contributed by atoms with E-state index in [1.807, 2.05) is 30.3 Å². The van der Waals surface area contributed by atoms with Gasteiger partial charge in [0.25, 0.3) is 0 Å². The van der Waals surface area contributed by atoms with Crippen LogP contribution in [0.4, 0.5) is 0 Å². The molecule has 0 unspecified atom stereocenters. The molecule has 0 heterocycles. The second-order valence-corrected chi connectivity index (χ2v) is 9.10. The number of carbonyl (C=O) groups excluding carboxylic acids is 3. The molecule has 1 aromatic rings. The van der Waals surface area contributed by atoms with E-state index < -0.39 is 59.9 Å². The zero-order valence-electron chi connectivity index (χ0n) is 21.4. The molecule has 0 radical (unpaired) electrons. The summed E-state index contributed by atoms with van der Waals surface area (Å²) in [6.45, 7) is 4.82. The van der Waals surface area contributed by atoms with Gasteiger partial charge in [-0.05, 0) is 37.7 Å². The summed E-state index contributed by atoms with van der Waals surface area (Å²) in [5.41, 5.74) is 17.3. The van der Waals surface area contributed by atoms with Crippen molar-refractivity contribution in [1.29, 1.82) is 0 Å². The Morgan fingerprint density at radius 1 is 0.919 bits per heavy atom. The molecule has 1 aromatic carbocycles. The Morgan fingerprint density at radius 2 is 1.49 bits per heavy atom. The van der Waals surface area contributed by atoms with Gasteiger partial charge in [0.15, 0.2) is 5.96 Å². The topological polar surface area (TPSA) is 235 Å². The van der Waals surface area contributed by atoms with E-state index in [-0.39, 0.29) is 25.3 Å². The van der Waals surface area contributed by atoms with Crippen molar-refractivity contribution in [2.24, 2.45) is 28.1 Å². The molecule has 1 rings (SSSR count). The number of carboxylic acid groups (broad SMARTS) is 1. The third-order valence-electron chi connectivity index (χ3n) is 5.50. The summed E-state index contributed by atoms with van der Waals surface area (Å²) in [7, 11) is 0. The average Bonchev–Trinajstić information content (AvgIpc) is 2.82. The lowest BCUT2D eigenvalue weighted by Gasteiger charge is -2.28. The van der Waals surface area contributed by atoms with Crippen LogP contribution >= 0.6 is 0 Å². The summed E-state index contributed by atoms with van der Waals surface area (Å²) in [5, 5.41) is 27.0. The predicted octanol–water partition coefficient (Wildman–Crippen LogP) is -1.81. The summed E-state index contributed by atoms with van der Waals surface area (Å²) in [6.07, 6.45) is -0.723. The highest BCUT2D eigenvalue weighted by Crippen LogP contribution is 2.07. The minimum absolute atomic E-state index is 0.0578. The van der Waals surface area contributed by atoms with Crippen LogP contribution in [0.2, 0.25) is 0 Å². The third kappa shape index (κ3) is 11.3. The number of rotatable bonds is 15. The summed E-state index contributed by atoms with van der Waals surface area (Å²) >= 11 is 0. The average molecular weight is 522 g/mol. The molecule has 0 bridgehead atoms. The molecule has 0 spiro atoms. The zero-order chi connectivity index (χ0) is 28.1. The molecule has 0 saturated carbocycles. The quantitative estimate of drug-likeness (QED) is 0.0736. The van der Waals surface area contributed by atoms with E-state index >= 15 is 0 Å². The first kappa shape index (κ1) is 31.3. The fraction of sp³-hybridized carbons (Fsp3) is 0.542. The van der Waals surface area contributed by atoms with Crippen LogP contribution in [0.5, 0.6) is 0 Å². The Hall–Kier alpha value is -3.71. The van der Waals surface area contributed by atoms with Gasteiger partial charge in [0.2, 0.25) is 17.7 Å². The van der Waals surface area contributed by atoms with Gasteiger partial charge in [0.05, 0.1) is 12.1 Å². The number of hydrogen-bond acceptors (Lipinski definition) is 7. The summed E-state index contributed by atoms with van der Waals surface area (Å²) in [5.74, 6) is -4.02. The molecular weight excluding hydrogens is 482 g/mol. The van der Waals surface area contributed by atoms with Gasteiger partial charge >= 0.3 is 5.97 Å². The van der Waals surface area contributed by atoms with Crippen molar-refractivity contribution >= 4 is 29.7 Å². The maximum absolute atomic E-state index is 13.0. The molecule has 0 aliphatic rings. The van der Waals surface area contributed by atoms with Crippen LogP contribution in [0.3, 0.4) is 0 Å². The summed E-state index contributed by atoms with van der Waals surface area (Å²) in [4.78, 5) is 53.8. The maximum atomic E-state index is 13.0. The predicted molar refractivity (Wildman–Crippen MR) is 138 cm³/mol. The van der Waals surface area contributed by atoms with E-state index in [2.05, 4.69) is 20.9 Å². The van der Waals surface area contributed by atoms with Crippen LogP contribution < -0.4 is 33.2 Å². The van der Waals surface area contributed by atoms with Gasteiger partial charge in [-0.25, -0.2) is 4.79 Å². The number of nitrogens with two attached hydrogens (primary N) is 3. The highest BCUT2D eigenvalue weighted by Gasteiger charge is 2.33. The summed E-state index contributed by atoms with van der Waals surface area (Å²) in [6, 6.07) is 4.33. The van der Waals surface area contributed by atoms with Gasteiger partial charge in [-0.1, -0.05) is 44.2 Å². The van der Waals surface area contributed by atoms with Gasteiger partial charge in [-0.15, -0.1) is 0 Å². The van der Waals surface area contributed by atoms with Gasteiger partial charge in [-0.2, -0.15) is 0 Å². The van der Waals surface area contributed by atoms with Crippen LogP contribution in [-0.4, -0.2) is 76.7 Å². The minimum atomic E-state index is -1.39. The Morgan fingerprint density at radius 3 is 2.00 bits per heavy atom. The lowest BCUT2D eigenvalue weighted by Crippen LogP contribution is -2.60. The molecule has 3 amide bonds. The number of hydrogen-bond donors (Lipinski definition) is 8. The summed E-state index contributed by atoms with van der Waals surface area (Å²) < 4.78 is 0. The lowest BCUT2D eigenvalue weighted by molar-refractivity contribution is -0.143. The first-order chi connectivity index (χ1) is 17.3. The molecule has 13 heteroatoms. The van der Waals surface area contributed by atoms with Crippen molar-refractivity contribution < 1.29 is 29.4 Å². The number of amides is 3. The number of aliphatic carboxylic acids is 1. The van der Waals surface area contributed by atoms with E-state index in [4.69, 9.17) is 17.2 Å². The van der Waals surface area contributed by atoms with Crippen molar-refractivity contribution in [2.45, 2.75) is 70.3 Å². The van der Waals surface area contributed by atoms with E-state index in [1.54, 1.807) is 13.8 Å². The first-order valence-electron chi connectivity index (χ1n) is 12.0. The highest BCUT2D eigenvalue weighted by atomic mass is 16.4. The van der Waals surface area contributed by atoms with Crippen LogP contribution in [0.25, 0.3) is 0 Å². The first-order valence-corrected chi connectivity index (χ1v) is 12.0. The van der Waals surface area contributed by atoms with Crippen molar-refractivity contribution in [3.63, 3.8) is 0 Å². The molecule has 5 atom stereocenters. The van der Waals surface area contributed by atoms with Crippen molar-refractivity contribution in [3.8, 4) is 0 Å². The number of aliphatic imine (C=N–C) groups is 1. The minimum Gasteiger partial charge on any atom is -0.480 e. The largest absolute Gasteiger partial charge is 0.480 e. The van der Waals surface area contributed by atoms with Gasteiger partial charge < -0.3 is 43.4 Å². The Balaban J connectivity index is 2.84. The van der Waals surface area contributed by atoms with Crippen molar-refractivity contribution in [3.05, 3.63) is 35.9 Å². The lowest BCUT2D eigenvalue weighted by atomic mass is 10.0. The maximum Gasteiger partial charge on any atom is 0.326 e. The molecule has 206 valence electrons. The smallest absolute Gasteiger partial charge is 0.326 e. The number of aliphatic hydroxyl groups excluding tert-OH is 1. The van der Waals surface area contributed by atoms with Gasteiger partial charge in [0, 0.05) is 6.54 Å². The normalized spacial score (nSPS) is 15.0. The molecule has 13 nitrogen and oxygen atoms in total. The monoisotopic (exact) mass is 521 g/mol. The van der Waals surface area contributed by atoms with E-state index in [0.29, 0.717) is 6.42 Å². The Bertz CT molecular complexity index is 935. The third-order valence-corrected chi connectivity index (χ3v) is 5.50. The highest BCUT2D eigenvalue weighted by molar-refractivity contribution is 5.94. The van der Waals surface area contributed by atoms with E-state index in [0.717, 1.165) is 5.56 Å². The van der Waals surface area contributed by atoms with Crippen LogP contribution in [0, 0.1) is 5.92 Å². The van der Waals surface area contributed by atoms with Crippen LogP contribution in [-0.2, 0) is 25.6 Å². The molecule has 0 aliphatic carbocycles. The Labute approximate surface area is 216 Å². The van der Waals surface area contributed by atoms with Crippen LogP contribution in [0.1, 0.15) is 39.2 Å². The fourth-order valence-corrected chi connectivity index (χ4v) is 3.43. The zero-order valence-corrected chi connectivity index (χ0v) is 21.4. The number of aliphatic hydroxyl groups is 1. The standard InChI is InChI=1S/C24H39N7O6/c1-13(2)18(21(34)29-17(23(36)37)10-7-11-28-24(26)27)30-22(35)19(14(3)32)31-20(33)16(25)12-15-8-5-4-6-9-15/h4-6,8-9,13-14,16-19,32H,7,10-12,25H2,1-3H3,(H,29,34)(H,30,35)(H,31,33)(H,36,37)(H4,26,27,28)/t14-,16+,17+,18+,19+/m0/s1. The number of guanidine groups is 1. The second kappa shape index (κ2) is 15.4. The molecule has 0 aromatic heterocycles. The fourth-order valence-electron chi connectivity index (χ4n) is 3.43. The van der Waals surface area contributed by atoms with Crippen molar-refractivity contribution in [2.75, 3.05) is 6.54 Å². The molecule has 0 fully saturated rings. The number of nitrogens with zero attached hydrogens (tertiary/aromatic N) is 1. The van der Waals surface area contributed by atoms with Crippen LogP contribution in [0.15, 0.2) is 35.3 Å². The molecular formula is C24H39N7O6. The molecule has 11 N–H and O–H groups in total.